The van der Waals surface area contributed by atoms with Gasteiger partial charge in [0.25, 0.3) is 5.56 Å². The first-order valence-corrected chi connectivity index (χ1v) is 11.6. The van der Waals surface area contributed by atoms with Gasteiger partial charge in [0.2, 0.25) is 15.9 Å². The highest BCUT2D eigenvalue weighted by Gasteiger charge is 2.28. The van der Waals surface area contributed by atoms with E-state index in [9.17, 15) is 18.0 Å². The lowest BCUT2D eigenvalue weighted by Crippen LogP contribution is -2.25. The van der Waals surface area contributed by atoms with Crippen LogP contribution >= 0.6 is 0 Å². The molecule has 1 aliphatic carbocycles. The fourth-order valence-electron chi connectivity index (χ4n) is 3.36. The number of fused-ring (bicyclic) bond motifs is 1. The summed E-state index contributed by atoms with van der Waals surface area (Å²) in [6.45, 7) is 0. The van der Waals surface area contributed by atoms with E-state index in [4.69, 9.17) is 0 Å². The summed E-state index contributed by atoms with van der Waals surface area (Å²) < 4.78 is 26.6. The highest BCUT2D eigenvalue weighted by molar-refractivity contribution is 7.92. The molecule has 1 aliphatic rings. The molecule has 3 aromatic rings. The van der Waals surface area contributed by atoms with Crippen molar-refractivity contribution in [3.63, 3.8) is 0 Å². The van der Waals surface area contributed by atoms with E-state index in [0.717, 1.165) is 19.1 Å². The van der Waals surface area contributed by atoms with Gasteiger partial charge in [-0.1, -0.05) is 12.1 Å². The molecule has 1 saturated carbocycles. The number of aryl methyl sites for hydroxylation is 1. The van der Waals surface area contributed by atoms with Crippen LogP contribution in [0.2, 0.25) is 0 Å². The van der Waals surface area contributed by atoms with Crippen LogP contribution in [0.1, 0.15) is 31.1 Å². The Hall–Kier alpha value is -3.20. The van der Waals surface area contributed by atoms with Gasteiger partial charge in [-0.15, -0.1) is 0 Å². The number of amides is 1. The number of carbonyl (C=O) groups is 1. The summed E-state index contributed by atoms with van der Waals surface area (Å²) in [5, 5.41) is 3.38. The second kappa shape index (κ2) is 7.91. The minimum absolute atomic E-state index is 0.0486. The molecule has 1 aromatic heterocycles. The first-order valence-electron chi connectivity index (χ1n) is 9.68. The standard InChI is InChI=1S/C21H22N4O4S/c1-30(28,29)24-15-8-6-14(7-9-15)22-20(26)13-12-19-23-18-5-3-2-4-17(18)21(27)25(19)16-10-11-16/h2-9,16,24H,10-13H2,1H3,(H,22,26). The lowest BCUT2D eigenvalue weighted by atomic mass is 10.2. The van der Waals surface area contributed by atoms with Crippen LogP contribution in [0.5, 0.6) is 0 Å². The number of benzene rings is 2. The van der Waals surface area contributed by atoms with Crippen LogP contribution in [0.25, 0.3) is 10.9 Å². The zero-order valence-electron chi connectivity index (χ0n) is 16.5. The number of anilines is 2. The third-order valence-electron chi connectivity index (χ3n) is 4.84. The molecule has 30 heavy (non-hydrogen) atoms. The Morgan fingerprint density at radius 2 is 1.77 bits per heavy atom. The van der Waals surface area contributed by atoms with Crippen LogP contribution in [0, 0.1) is 0 Å². The minimum Gasteiger partial charge on any atom is -0.326 e. The highest BCUT2D eigenvalue weighted by Crippen LogP contribution is 2.34. The maximum atomic E-state index is 12.9. The predicted molar refractivity (Wildman–Crippen MR) is 116 cm³/mol. The summed E-state index contributed by atoms with van der Waals surface area (Å²) in [6, 6.07) is 13.8. The topological polar surface area (TPSA) is 110 Å². The van der Waals surface area contributed by atoms with E-state index < -0.39 is 10.0 Å². The lowest BCUT2D eigenvalue weighted by Gasteiger charge is -2.13. The average Bonchev–Trinajstić information content (AvgIpc) is 3.52. The van der Waals surface area contributed by atoms with Crippen molar-refractivity contribution in [1.82, 2.24) is 9.55 Å². The molecule has 0 radical (unpaired) electrons. The van der Waals surface area contributed by atoms with Crippen molar-refractivity contribution in [2.75, 3.05) is 16.3 Å². The number of carbonyl (C=O) groups excluding carboxylic acids is 1. The largest absolute Gasteiger partial charge is 0.326 e. The molecule has 0 spiro atoms. The second-order valence-corrected chi connectivity index (χ2v) is 9.20. The van der Waals surface area contributed by atoms with E-state index >= 15 is 0 Å². The number of aromatic nitrogens is 2. The number of hydrogen-bond acceptors (Lipinski definition) is 5. The Morgan fingerprint density at radius 1 is 1.10 bits per heavy atom. The van der Waals surface area contributed by atoms with Crippen molar-refractivity contribution in [3.8, 4) is 0 Å². The number of nitrogens with zero attached hydrogens (tertiary/aromatic N) is 2. The molecule has 0 saturated heterocycles. The Balaban J connectivity index is 1.46. The number of rotatable bonds is 7. The Morgan fingerprint density at radius 3 is 2.43 bits per heavy atom. The molecular weight excluding hydrogens is 404 g/mol. The van der Waals surface area contributed by atoms with E-state index in [1.807, 2.05) is 18.2 Å². The molecule has 1 heterocycles. The van der Waals surface area contributed by atoms with E-state index in [0.29, 0.717) is 34.5 Å². The molecule has 9 heteroatoms. The third-order valence-corrected chi connectivity index (χ3v) is 5.45. The van der Waals surface area contributed by atoms with E-state index in [-0.39, 0.29) is 23.9 Å². The van der Waals surface area contributed by atoms with Crippen LogP contribution in [0.3, 0.4) is 0 Å². The van der Waals surface area contributed by atoms with Gasteiger partial charge >= 0.3 is 0 Å². The maximum Gasteiger partial charge on any atom is 0.261 e. The highest BCUT2D eigenvalue weighted by atomic mass is 32.2. The fourth-order valence-corrected chi connectivity index (χ4v) is 3.93. The normalized spacial score (nSPS) is 13.9. The van der Waals surface area contributed by atoms with Crippen molar-refractivity contribution in [1.29, 1.82) is 0 Å². The van der Waals surface area contributed by atoms with Gasteiger partial charge in [-0.3, -0.25) is 18.9 Å². The van der Waals surface area contributed by atoms with Gasteiger partial charge in [0.1, 0.15) is 5.82 Å². The zero-order chi connectivity index (χ0) is 21.3. The smallest absolute Gasteiger partial charge is 0.261 e. The van der Waals surface area contributed by atoms with Gasteiger partial charge in [0.15, 0.2) is 0 Å². The van der Waals surface area contributed by atoms with Crippen molar-refractivity contribution in [3.05, 3.63) is 64.7 Å². The monoisotopic (exact) mass is 426 g/mol. The van der Waals surface area contributed by atoms with E-state index in [1.165, 1.54) is 0 Å². The Labute approximate surface area is 174 Å². The van der Waals surface area contributed by atoms with Crippen molar-refractivity contribution in [2.24, 2.45) is 0 Å². The van der Waals surface area contributed by atoms with Crippen LogP contribution < -0.4 is 15.6 Å². The molecule has 1 fully saturated rings. The van der Waals surface area contributed by atoms with Gasteiger partial charge in [0.05, 0.1) is 17.2 Å². The lowest BCUT2D eigenvalue weighted by molar-refractivity contribution is -0.116. The maximum absolute atomic E-state index is 12.9. The summed E-state index contributed by atoms with van der Waals surface area (Å²) in [4.78, 5) is 29.9. The van der Waals surface area contributed by atoms with Crippen LogP contribution in [0.15, 0.2) is 53.3 Å². The quantitative estimate of drug-likeness (QED) is 0.604. The Bertz CT molecular complexity index is 1260. The summed E-state index contributed by atoms with van der Waals surface area (Å²) in [7, 11) is -3.35. The van der Waals surface area contributed by atoms with Gasteiger partial charge in [-0.25, -0.2) is 13.4 Å². The first-order chi connectivity index (χ1) is 14.3. The number of hydrogen-bond donors (Lipinski definition) is 2. The van der Waals surface area contributed by atoms with E-state index in [1.54, 1.807) is 34.9 Å². The molecule has 0 atom stereocenters. The summed E-state index contributed by atoms with van der Waals surface area (Å²) in [5.41, 5.74) is 1.57. The minimum atomic E-state index is -3.35. The van der Waals surface area contributed by atoms with Gasteiger partial charge in [-0.2, -0.15) is 0 Å². The van der Waals surface area contributed by atoms with Gasteiger partial charge in [0, 0.05) is 30.3 Å². The van der Waals surface area contributed by atoms with Crippen LogP contribution in [-0.2, 0) is 21.2 Å². The third kappa shape index (κ3) is 4.68. The molecule has 2 aromatic carbocycles. The number of para-hydroxylation sites is 1. The first kappa shape index (κ1) is 20.1. The van der Waals surface area contributed by atoms with Gasteiger partial charge < -0.3 is 5.32 Å². The van der Waals surface area contributed by atoms with Crippen molar-refractivity contribution < 1.29 is 13.2 Å². The molecule has 0 unspecified atom stereocenters. The zero-order valence-corrected chi connectivity index (χ0v) is 17.3. The Kier molecular flexibility index (Phi) is 5.29. The summed E-state index contributed by atoms with van der Waals surface area (Å²) in [5.74, 6) is 0.424. The summed E-state index contributed by atoms with van der Waals surface area (Å²) >= 11 is 0. The molecule has 0 aliphatic heterocycles. The fraction of sp³-hybridized carbons (Fsp3) is 0.286. The molecule has 2 N–H and O–H groups in total. The SMILES string of the molecule is CS(=O)(=O)Nc1ccc(NC(=O)CCc2nc3ccccc3c(=O)n2C2CC2)cc1. The molecule has 8 nitrogen and oxygen atoms in total. The van der Waals surface area contributed by atoms with Crippen molar-refractivity contribution >= 4 is 38.2 Å². The number of nitrogens with one attached hydrogen (secondary N) is 2. The molecule has 0 bridgehead atoms. The van der Waals surface area contributed by atoms with Crippen LogP contribution in [0.4, 0.5) is 11.4 Å². The average molecular weight is 426 g/mol. The van der Waals surface area contributed by atoms with E-state index in [2.05, 4.69) is 15.0 Å². The summed E-state index contributed by atoms with van der Waals surface area (Å²) in [6.07, 6.45) is 3.52. The van der Waals surface area contributed by atoms with Crippen LogP contribution in [-0.4, -0.2) is 30.1 Å². The number of sulfonamides is 1. The predicted octanol–water partition coefficient (Wildman–Crippen LogP) is 2.67. The van der Waals surface area contributed by atoms with Crippen molar-refractivity contribution in [2.45, 2.75) is 31.7 Å². The molecule has 156 valence electrons. The molecule has 1 amide bonds. The second-order valence-electron chi connectivity index (χ2n) is 7.45. The molecular formula is C21H22N4O4S. The van der Waals surface area contributed by atoms with Gasteiger partial charge in [-0.05, 0) is 49.2 Å². The molecule has 4 rings (SSSR count).